The third-order valence-electron chi connectivity index (χ3n) is 2.78. The van der Waals surface area contributed by atoms with Gasteiger partial charge in [0.1, 0.15) is 0 Å². The molecule has 0 radical (unpaired) electrons. The summed E-state index contributed by atoms with van der Waals surface area (Å²) in [6.45, 7) is 1.57. The molecule has 0 heterocycles. The summed E-state index contributed by atoms with van der Waals surface area (Å²) in [5.74, 6) is 0. The van der Waals surface area contributed by atoms with E-state index in [4.69, 9.17) is 4.74 Å². The molecular formula is C16H19NO2. The first kappa shape index (κ1) is 13.7. The summed E-state index contributed by atoms with van der Waals surface area (Å²) in [7, 11) is 0. The highest BCUT2D eigenvalue weighted by Gasteiger charge is 2.03. The Labute approximate surface area is 113 Å². The first-order valence-corrected chi connectivity index (χ1v) is 6.43. The fraction of sp³-hybridized carbons (Fsp3) is 0.250. The van der Waals surface area contributed by atoms with E-state index in [0.29, 0.717) is 13.2 Å². The summed E-state index contributed by atoms with van der Waals surface area (Å²) in [4.78, 5) is 0. The van der Waals surface area contributed by atoms with E-state index in [1.165, 1.54) is 5.56 Å². The van der Waals surface area contributed by atoms with E-state index < -0.39 is 6.29 Å². The lowest BCUT2D eigenvalue weighted by atomic mass is 10.2. The van der Waals surface area contributed by atoms with E-state index >= 15 is 0 Å². The Kier molecular flexibility index (Phi) is 5.56. The molecule has 3 nitrogen and oxygen atoms in total. The van der Waals surface area contributed by atoms with E-state index in [0.717, 1.165) is 12.1 Å². The zero-order valence-corrected chi connectivity index (χ0v) is 10.8. The maximum Gasteiger partial charge on any atom is 0.167 e. The normalized spacial score (nSPS) is 12.3. The van der Waals surface area contributed by atoms with Crippen LogP contribution in [0.25, 0.3) is 0 Å². The van der Waals surface area contributed by atoms with Crippen LogP contribution in [0.3, 0.4) is 0 Å². The lowest BCUT2D eigenvalue weighted by molar-refractivity contribution is -0.105. The summed E-state index contributed by atoms with van der Waals surface area (Å²) in [5.41, 5.74) is 2.25. The molecule has 1 unspecified atom stereocenters. The lowest BCUT2D eigenvalue weighted by Crippen LogP contribution is -2.28. The average Bonchev–Trinajstić information content (AvgIpc) is 2.47. The molecule has 2 aromatic rings. The predicted octanol–water partition coefficient (Wildman–Crippen LogP) is 2.31. The minimum atomic E-state index is -0.788. The molecule has 0 saturated heterocycles. The first-order chi connectivity index (χ1) is 9.34. The van der Waals surface area contributed by atoms with Crippen LogP contribution in [0.5, 0.6) is 0 Å². The van der Waals surface area contributed by atoms with Crippen molar-refractivity contribution in [2.24, 2.45) is 0 Å². The number of hydrogen-bond acceptors (Lipinski definition) is 3. The van der Waals surface area contributed by atoms with Crippen molar-refractivity contribution in [1.29, 1.82) is 0 Å². The topological polar surface area (TPSA) is 41.5 Å². The van der Waals surface area contributed by atoms with Gasteiger partial charge in [0, 0.05) is 13.1 Å². The summed E-state index contributed by atoms with van der Waals surface area (Å²) < 4.78 is 5.36. The van der Waals surface area contributed by atoms with Gasteiger partial charge in [0.05, 0.1) is 6.61 Å². The van der Waals surface area contributed by atoms with Gasteiger partial charge >= 0.3 is 0 Å². The van der Waals surface area contributed by atoms with Crippen molar-refractivity contribution >= 4 is 0 Å². The molecule has 0 spiro atoms. The molecule has 1 atom stereocenters. The highest BCUT2D eigenvalue weighted by molar-refractivity contribution is 5.14. The van der Waals surface area contributed by atoms with Gasteiger partial charge in [0.25, 0.3) is 0 Å². The van der Waals surface area contributed by atoms with Gasteiger partial charge < -0.3 is 15.2 Å². The molecule has 2 aromatic carbocycles. The molecule has 0 aliphatic heterocycles. The molecule has 2 rings (SSSR count). The van der Waals surface area contributed by atoms with Gasteiger partial charge in [-0.15, -0.1) is 0 Å². The quantitative estimate of drug-likeness (QED) is 0.748. The van der Waals surface area contributed by atoms with Gasteiger partial charge in [0.15, 0.2) is 6.29 Å². The monoisotopic (exact) mass is 257 g/mol. The van der Waals surface area contributed by atoms with Gasteiger partial charge in [-0.3, -0.25) is 0 Å². The van der Waals surface area contributed by atoms with Gasteiger partial charge in [-0.25, -0.2) is 0 Å². The Morgan fingerprint density at radius 3 is 2.11 bits per heavy atom. The molecule has 3 heteroatoms. The van der Waals surface area contributed by atoms with Crippen molar-refractivity contribution in [3.05, 3.63) is 71.8 Å². The molecule has 0 amide bonds. The predicted molar refractivity (Wildman–Crippen MR) is 75.4 cm³/mol. The zero-order valence-electron chi connectivity index (χ0n) is 10.8. The van der Waals surface area contributed by atoms with E-state index in [2.05, 4.69) is 5.32 Å². The van der Waals surface area contributed by atoms with Crippen LogP contribution in [0, 0.1) is 0 Å². The third kappa shape index (κ3) is 5.22. The number of hydrogen-bond donors (Lipinski definition) is 2. The minimum Gasteiger partial charge on any atom is -0.367 e. The van der Waals surface area contributed by atoms with E-state index in [1.807, 2.05) is 60.7 Å². The van der Waals surface area contributed by atoms with Gasteiger partial charge in [-0.05, 0) is 11.1 Å². The Morgan fingerprint density at radius 2 is 1.47 bits per heavy atom. The molecule has 0 saturated carbocycles. The number of aliphatic hydroxyl groups is 1. The number of nitrogens with one attached hydrogen (secondary N) is 1. The highest BCUT2D eigenvalue weighted by Crippen LogP contribution is 2.02. The van der Waals surface area contributed by atoms with Gasteiger partial charge in [-0.2, -0.15) is 0 Å². The Hall–Kier alpha value is -1.68. The summed E-state index contributed by atoms with van der Waals surface area (Å²) >= 11 is 0. The Balaban J connectivity index is 1.64. The van der Waals surface area contributed by atoms with Crippen molar-refractivity contribution in [3.63, 3.8) is 0 Å². The maximum absolute atomic E-state index is 9.70. The van der Waals surface area contributed by atoms with E-state index in [1.54, 1.807) is 0 Å². The lowest BCUT2D eigenvalue weighted by Gasteiger charge is -2.13. The maximum atomic E-state index is 9.70. The van der Waals surface area contributed by atoms with Gasteiger partial charge in [-0.1, -0.05) is 60.7 Å². The average molecular weight is 257 g/mol. The summed E-state index contributed by atoms with van der Waals surface area (Å²) in [5, 5.41) is 12.9. The standard InChI is InChI=1S/C16H19NO2/c18-16(19-13-15-9-5-2-6-10-15)12-17-11-14-7-3-1-4-8-14/h1-10,16-18H,11-13H2. The molecular weight excluding hydrogens is 238 g/mol. The second-order valence-electron chi connectivity index (χ2n) is 4.37. The largest absolute Gasteiger partial charge is 0.367 e. The van der Waals surface area contributed by atoms with Crippen molar-refractivity contribution in [3.8, 4) is 0 Å². The van der Waals surface area contributed by atoms with E-state index in [-0.39, 0.29) is 0 Å². The Morgan fingerprint density at radius 1 is 0.895 bits per heavy atom. The number of ether oxygens (including phenoxy) is 1. The molecule has 0 aromatic heterocycles. The zero-order chi connectivity index (χ0) is 13.3. The smallest absolute Gasteiger partial charge is 0.167 e. The molecule has 0 aliphatic carbocycles. The summed E-state index contributed by atoms with van der Waals surface area (Å²) in [6, 6.07) is 19.9. The van der Waals surface area contributed by atoms with Crippen LogP contribution in [0.15, 0.2) is 60.7 Å². The van der Waals surface area contributed by atoms with Crippen LogP contribution in [0.2, 0.25) is 0 Å². The van der Waals surface area contributed by atoms with Crippen LogP contribution in [0.1, 0.15) is 11.1 Å². The van der Waals surface area contributed by atoms with Crippen LogP contribution in [0.4, 0.5) is 0 Å². The summed E-state index contributed by atoms with van der Waals surface area (Å²) in [6.07, 6.45) is -0.788. The SMILES string of the molecule is OC(CNCc1ccccc1)OCc1ccccc1. The third-order valence-corrected chi connectivity index (χ3v) is 2.78. The molecule has 0 fully saturated rings. The molecule has 19 heavy (non-hydrogen) atoms. The van der Waals surface area contributed by atoms with E-state index in [9.17, 15) is 5.11 Å². The number of aliphatic hydroxyl groups excluding tert-OH is 1. The van der Waals surface area contributed by atoms with Crippen LogP contribution in [-0.4, -0.2) is 17.9 Å². The number of rotatable bonds is 7. The van der Waals surface area contributed by atoms with Crippen LogP contribution >= 0.6 is 0 Å². The van der Waals surface area contributed by atoms with Crippen LogP contribution in [-0.2, 0) is 17.9 Å². The van der Waals surface area contributed by atoms with Gasteiger partial charge in [0.2, 0.25) is 0 Å². The van der Waals surface area contributed by atoms with Crippen molar-refractivity contribution in [2.75, 3.05) is 6.54 Å². The fourth-order valence-corrected chi connectivity index (χ4v) is 1.76. The van der Waals surface area contributed by atoms with Crippen molar-refractivity contribution < 1.29 is 9.84 Å². The first-order valence-electron chi connectivity index (χ1n) is 6.43. The fourth-order valence-electron chi connectivity index (χ4n) is 1.76. The number of benzene rings is 2. The molecule has 0 bridgehead atoms. The molecule has 0 aliphatic rings. The Bertz CT molecular complexity index is 459. The second kappa shape index (κ2) is 7.69. The van der Waals surface area contributed by atoms with Crippen LogP contribution < -0.4 is 5.32 Å². The molecule has 100 valence electrons. The van der Waals surface area contributed by atoms with Crippen molar-refractivity contribution in [1.82, 2.24) is 5.32 Å². The molecule has 2 N–H and O–H groups in total. The minimum absolute atomic E-state index is 0.418. The van der Waals surface area contributed by atoms with Crippen molar-refractivity contribution in [2.45, 2.75) is 19.4 Å². The second-order valence-corrected chi connectivity index (χ2v) is 4.37. The highest BCUT2D eigenvalue weighted by atomic mass is 16.6.